The highest BCUT2D eigenvalue weighted by Gasteiger charge is 2.42. The van der Waals surface area contributed by atoms with E-state index in [2.05, 4.69) is 18.7 Å². The van der Waals surface area contributed by atoms with Crippen LogP contribution in [0.25, 0.3) is 0 Å². The van der Waals surface area contributed by atoms with Crippen molar-refractivity contribution in [3.63, 3.8) is 0 Å². The Morgan fingerprint density at radius 3 is 2.52 bits per heavy atom. The van der Waals surface area contributed by atoms with Gasteiger partial charge in [0.25, 0.3) is 5.91 Å². The second kappa shape index (κ2) is 7.78. The third-order valence-corrected chi connectivity index (χ3v) is 6.43. The summed E-state index contributed by atoms with van der Waals surface area (Å²) in [6, 6.07) is 5.56. The van der Waals surface area contributed by atoms with Crippen molar-refractivity contribution in [2.24, 2.45) is 0 Å². The van der Waals surface area contributed by atoms with E-state index in [4.69, 9.17) is 0 Å². The van der Waals surface area contributed by atoms with Crippen molar-refractivity contribution in [3.05, 3.63) is 29.3 Å². The monoisotopic (exact) mass is 398 g/mol. The van der Waals surface area contributed by atoms with Crippen LogP contribution in [0.1, 0.15) is 42.6 Å². The molecule has 0 aliphatic carbocycles. The highest BCUT2D eigenvalue weighted by atomic mass is 16.2. The number of piperazine rings is 1. The zero-order chi connectivity index (χ0) is 20.7. The number of anilines is 1. The molecule has 2 fully saturated rings. The van der Waals surface area contributed by atoms with Crippen LogP contribution < -0.4 is 4.90 Å². The van der Waals surface area contributed by atoms with Gasteiger partial charge in [-0.1, -0.05) is 11.6 Å². The van der Waals surface area contributed by atoms with Gasteiger partial charge in [-0.05, 0) is 45.7 Å². The van der Waals surface area contributed by atoms with Crippen molar-refractivity contribution in [2.45, 2.75) is 45.7 Å². The minimum atomic E-state index is -0.458. The van der Waals surface area contributed by atoms with E-state index in [0.717, 1.165) is 25.1 Å². The van der Waals surface area contributed by atoms with Crippen LogP contribution in [0.5, 0.6) is 0 Å². The molecule has 3 amide bonds. The number of carbonyl (C=O) groups is 3. The van der Waals surface area contributed by atoms with E-state index in [0.29, 0.717) is 43.3 Å². The summed E-state index contributed by atoms with van der Waals surface area (Å²) in [4.78, 5) is 46.9. The average molecular weight is 399 g/mol. The molecule has 3 heterocycles. The molecule has 0 aromatic heterocycles. The Morgan fingerprint density at radius 1 is 1.10 bits per heavy atom. The van der Waals surface area contributed by atoms with Crippen LogP contribution in [-0.4, -0.2) is 83.8 Å². The molecule has 3 aliphatic rings. The van der Waals surface area contributed by atoms with E-state index in [1.165, 1.54) is 0 Å². The first-order chi connectivity index (χ1) is 13.9. The molecule has 156 valence electrons. The Kier molecular flexibility index (Phi) is 5.34. The van der Waals surface area contributed by atoms with Gasteiger partial charge < -0.3 is 14.7 Å². The summed E-state index contributed by atoms with van der Waals surface area (Å²) >= 11 is 0. The normalized spacial score (nSPS) is 22.8. The molecule has 0 N–H and O–H groups in total. The summed E-state index contributed by atoms with van der Waals surface area (Å²) in [5.41, 5.74) is 2.06. The van der Waals surface area contributed by atoms with E-state index >= 15 is 0 Å². The van der Waals surface area contributed by atoms with Gasteiger partial charge >= 0.3 is 0 Å². The molecule has 1 atom stereocenters. The van der Waals surface area contributed by atoms with Crippen molar-refractivity contribution < 1.29 is 14.4 Å². The molecule has 1 aromatic carbocycles. The number of hydrogen-bond donors (Lipinski definition) is 0. The lowest BCUT2D eigenvalue weighted by Gasteiger charge is -2.37. The molecule has 1 aromatic rings. The fourth-order valence-corrected chi connectivity index (χ4v) is 4.66. The van der Waals surface area contributed by atoms with Gasteiger partial charge in [-0.2, -0.15) is 0 Å². The van der Waals surface area contributed by atoms with Crippen LogP contribution in [0, 0.1) is 6.92 Å². The molecule has 2 saturated heterocycles. The molecular weight excluding hydrogens is 368 g/mol. The number of amides is 3. The quantitative estimate of drug-likeness (QED) is 0.774. The lowest BCUT2D eigenvalue weighted by atomic mass is 10.1. The van der Waals surface area contributed by atoms with Crippen LogP contribution >= 0.6 is 0 Å². The van der Waals surface area contributed by atoms with Crippen molar-refractivity contribution >= 4 is 23.4 Å². The summed E-state index contributed by atoms with van der Waals surface area (Å²) in [7, 11) is 0. The number of rotatable bonds is 3. The SMILES string of the molecule is Cc1ccc2c(c1)C(=O)N1CCCC1C(=O)N2CC(=O)N1CCN(C(C)C)CC1. The largest absolute Gasteiger partial charge is 0.339 e. The molecule has 7 heteroatoms. The molecule has 29 heavy (non-hydrogen) atoms. The molecule has 0 saturated carbocycles. The molecular formula is C22H30N4O3. The fourth-order valence-electron chi connectivity index (χ4n) is 4.66. The second-order valence-electron chi connectivity index (χ2n) is 8.61. The Morgan fingerprint density at radius 2 is 1.83 bits per heavy atom. The minimum absolute atomic E-state index is 0.00576. The number of benzene rings is 1. The van der Waals surface area contributed by atoms with E-state index in [-0.39, 0.29) is 24.3 Å². The third-order valence-electron chi connectivity index (χ3n) is 6.43. The Hall–Kier alpha value is -2.41. The first-order valence-corrected chi connectivity index (χ1v) is 10.6. The van der Waals surface area contributed by atoms with Crippen LogP contribution in [0.15, 0.2) is 18.2 Å². The predicted octanol–water partition coefficient (Wildman–Crippen LogP) is 1.50. The lowest BCUT2D eigenvalue weighted by Crippen LogP contribution is -2.54. The van der Waals surface area contributed by atoms with E-state index in [9.17, 15) is 14.4 Å². The topological polar surface area (TPSA) is 64.2 Å². The molecule has 0 spiro atoms. The van der Waals surface area contributed by atoms with Crippen molar-refractivity contribution in [1.82, 2.24) is 14.7 Å². The first kappa shape index (κ1) is 19.9. The van der Waals surface area contributed by atoms with Crippen molar-refractivity contribution in [1.29, 1.82) is 0 Å². The van der Waals surface area contributed by atoms with E-state index in [1.54, 1.807) is 9.80 Å². The van der Waals surface area contributed by atoms with E-state index in [1.807, 2.05) is 30.0 Å². The maximum Gasteiger partial charge on any atom is 0.256 e. The number of hydrogen-bond acceptors (Lipinski definition) is 4. The van der Waals surface area contributed by atoms with Crippen LogP contribution in [-0.2, 0) is 9.59 Å². The third kappa shape index (κ3) is 3.64. The van der Waals surface area contributed by atoms with Gasteiger partial charge in [-0.25, -0.2) is 0 Å². The summed E-state index contributed by atoms with van der Waals surface area (Å²) < 4.78 is 0. The minimum Gasteiger partial charge on any atom is -0.339 e. The summed E-state index contributed by atoms with van der Waals surface area (Å²) in [5, 5.41) is 0. The number of carbonyl (C=O) groups excluding carboxylic acids is 3. The lowest BCUT2D eigenvalue weighted by molar-refractivity contribution is -0.133. The van der Waals surface area contributed by atoms with Gasteiger partial charge in [0.15, 0.2) is 0 Å². The highest BCUT2D eigenvalue weighted by molar-refractivity contribution is 6.12. The summed E-state index contributed by atoms with van der Waals surface area (Å²) in [6.07, 6.45) is 1.48. The molecule has 7 nitrogen and oxygen atoms in total. The van der Waals surface area contributed by atoms with Gasteiger partial charge in [-0.3, -0.25) is 19.3 Å². The van der Waals surface area contributed by atoms with Crippen LogP contribution in [0.3, 0.4) is 0 Å². The second-order valence-corrected chi connectivity index (χ2v) is 8.61. The van der Waals surface area contributed by atoms with Gasteiger partial charge in [0.05, 0.1) is 11.3 Å². The van der Waals surface area contributed by atoms with Crippen molar-refractivity contribution in [2.75, 3.05) is 44.2 Å². The summed E-state index contributed by atoms with van der Waals surface area (Å²) in [5.74, 6) is -0.278. The Bertz CT molecular complexity index is 829. The smallest absolute Gasteiger partial charge is 0.256 e. The standard InChI is InChI=1S/C22H30N4O3/c1-15(2)23-9-11-24(12-10-23)20(27)14-26-18-7-6-16(3)13-17(18)21(28)25-8-4-5-19(25)22(26)29/h6-7,13,15,19H,4-5,8-12,14H2,1-3H3. The van der Waals surface area contributed by atoms with E-state index < -0.39 is 6.04 Å². The number of aryl methyl sites for hydroxylation is 1. The zero-order valence-electron chi connectivity index (χ0n) is 17.6. The molecule has 1 unspecified atom stereocenters. The average Bonchev–Trinajstić information content (AvgIpc) is 3.18. The maximum atomic E-state index is 13.3. The maximum absolute atomic E-state index is 13.3. The zero-order valence-corrected chi connectivity index (χ0v) is 17.6. The predicted molar refractivity (Wildman–Crippen MR) is 111 cm³/mol. The highest BCUT2D eigenvalue weighted by Crippen LogP contribution is 2.33. The molecule has 0 bridgehead atoms. The van der Waals surface area contributed by atoms with Crippen LogP contribution in [0.4, 0.5) is 5.69 Å². The van der Waals surface area contributed by atoms with Gasteiger partial charge in [0.1, 0.15) is 12.6 Å². The summed E-state index contributed by atoms with van der Waals surface area (Å²) in [6.45, 7) is 9.90. The number of fused-ring (bicyclic) bond motifs is 2. The van der Waals surface area contributed by atoms with Gasteiger partial charge in [0, 0.05) is 38.8 Å². The first-order valence-electron chi connectivity index (χ1n) is 10.6. The molecule has 0 radical (unpaired) electrons. The van der Waals surface area contributed by atoms with Crippen LogP contribution in [0.2, 0.25) is 0 Å². The van der Waals surface area contributed by atoms with Crippen molar-refractivity contribution in [3.8, 4) is 0 Å². The molecule has 4 rings (SSSR count). The number of nitrogens with zero attached hydrogens (tertiary/aromatic N) is 4. The van der Waals surface area contributed by atoms with Gasteiger partial charge in [-0.15, -0.1) is 0 Å². The molecule has 3 aliphatic heterocycles. The Balaban J connectivity index is 1.59. The Labute approximate surface area is 172 Å². The fraction of sp³-hybridized carbons (Fsp3) is 0.591. The van der Waals surface area contributed by atoms with Gasteiger partial charge in [0.2, 0.25) is 11.8 Å².